The van der Waals surface area contributed by atoms with Crippen LogP contribution in [0.15, 0.2) is 18.2 Å². The topological polar surface area (TPSA) is 55.1 Å². The molecule has 18 heavy (non-hydrogen) atoms. The minimum absolute atomic E-state index is 0.0536. The van der Waals surface area contributed by atoms with Gasteiger partial charge in [-0.3, -0.25) is 4.79 Å². The SMILES string of the molecule is CCCc1nc2cc(CC(=O)O)ccc2n1CC. The highest BCUT2D eigenvalue weighted by Crippen LogP contribution is 2.19. The summed E-state index contributed by atoms with van der Waals surface area (Å²) in [4.78, 5) is 15.3. The van der Waals surface area contributed by atoms with Crippen LogP contribution < -0.4 is 0 Å². The van der Waals surface area contributed by atoms with Crippen molar-refractivity contribution in [2.45, 2.75) is 39.7 Å². The first-order valence-electron chi connectivity index (χ1n) is 6.35. The van der Waals surface area contributed by atoms with Gasteiger partial charge in [0.15, 0.2) is 0 Å². The second kappa shape index (κ2) is 5.21. The number of aryl methyl sites for hydroxylation is 2. The van der Waals surface area contributed by atoms with Crippen LogP contribution in [0.1, 0.15) is 31.7 Å². The number of hydrogen-bond donors (Lipinski definition) is 1. The van der Waals surface area contributed by atoms with E-state index in [9.17, 15) is 4.79 Å². The van der Waals surface area contributed by atoms with Crippen molar-refractivity contribution in [2.24, 2.45) is 0 Å². The number of carboxylic acids is 1. The first kappa shape index (κ1) is 12.6. The van der Waals surface area contributed by atoms with E-state index in [0.717, 1.165) is 41.8 Å². The zero-order chi connectivity index (χ0) is 13.1. The predicted octanol–water partition coefficient (Wildman–Crippen LogP) is 2.64. The summed E-state index contributed by atoms with van der Waals surface area (Å²) in [5.41, 5.74) is 2.80. The molecule has 0 saturated heterocycles. The van der Waals surface area contributed by atoms with Crippen LogP contribution in [0.4, 0.5) is 0 Å². The summed E-state index contributed by atoms with van der Waals surface area (Å²) < 4.78 is 2.20. The molecular weight excluding hydrogens is 228 g/mol. The van der Waals surface area contributed by atoms with E-state index in [4.69, 9.17) is 5.11 Å². The molecule has 1 aromatic heterocycles. The largest absolute Gasteiger partial charge is 0.481 e. The Labute approximate surface area is 106 Å². The van der Waals surface area contributed by atoms with Gasteiger partial charge in [0.05, 0.1) is 17.5 Å². The molecule has 4 heteroatoms. The van der Waals surface area contributed by atoms with Gasteiger partial charge in [0.2, 0.25) is 0 Å². The van der Waals surface area contributed by atoms with Gasteiger partial charge in [-0.1, -0.05) is 13.0 Å². The zero-order valence-electron chi connectivity index (χ0n) is 10.8. The van der Waals surface area contributed by atoms with Crippen LogP contribution in [0.25, 0.3) is 11.0 Å². The number of carbonyl (C=O) groups is 1. The second-order valence-corrected chi connectivity index (χ2v) is 4.42. The van der Waals surface area contributed by atoms with Crippen molar-refractivity contribution in [3.8, 4) is 0 Å². The first-order valence-corrected chi connectivity index (χ1v) is 6.35. The second-order valence-electron chi connectivity index (χ2n) is 4.42. The summed E-state index contributed by atoms with van der Waals surface area (Å²) in [6.07, 6.45) is 2.07. The maximum absolute atomic E-state index is 10.7. The number of aromatic nitrogens is 2. The number of hydrogen-bond acceptors (Lipinski definition) is 2. The Morgan fingerprint density at radius 1 is 1.39 bits per heavy atom. The van der Waals surface area contributed by atoms with Gasteiger partial charge in [0.1, 0.15) is 5.82 Å². The van der Waals surface area contributed by atoms with E-state index in [1.54, 1.807) is 0 Å². The molecule has 0 radical (unpaired) electrons. The van der Waals surface area contributed by atoms with Crippen LogP contribution in [0.5, 0.6) is 0 Å². The quantitative estimate of drug-likeness (QED) is 0.882. The number of nitrogens with zero attached hydrogens (tertiary/aromatic N) is 2. The fraction of sp³-hybridized carbons (Fsp3) is 0.429. The third kappa shape index (κ3) is 2.37. The summed E-state index contributed by atoms with van der Waals surface area (Å²) in [6, 6.07) is 5.73. The Balaban J connectivity index is 2.47. The molecule has 0 bridgehead atoms. The lowest BCUT2D eigenvalue weighted by Gasteiger charge is -2.04. The number of imidazole rings is 1. The predicted molar refractivity (Wildman–Crippen MR) is 70.7 cm³/mol. The van der Waals surface area contributed by atoms with E-state index in [-0.39, 0.29) is 6.42 Å². The molecule has 96 valence electrons. The van der Waals surface area contributed by atoms with Gasteiger partial charge in [-0.05, 0) is 31.0 Å². The number of benzene rings is 1. The van der Waals surface area contributed by atoms with Crippen molar-refractivity contribution in [2.75, 3.05) is 0 Å². The van der Waals surface area contributed by atoms with Crippen molar-refractivity contribution < 1.29 is 9.90 Å². The molecule has 0 spiro atoms. The molecule has 0 amide bonds. The Morgan fingerprint density at radius 3 is 2.78 bits per heavy atom. The van der Waals surface area contributed by atoms with Crippen molar-refractivity contribution in [1.29, 1.82) is 0 Å². The lowest BCUT2D eigenvalue weighted by atomic mass is 10.1. The maximum atomic E-state index is 10.7. The van der Waals surface area contributed by atoms with Crippen LogP contribution >= 0.6 is 0 Å². The standard InChI is InChI=1S/C14H18N2O2/c1-3-5-13-15-11-8-10(9-14(17)18)6-7-12(11)16(13)4-2/h6-8H,3-5,9H2,1-2H3,(H,17,18). The molecule has 4 nitrogen and oxygen atoms in total. The number of fused-ring (bicyclic) bond motifs is 1. The molecule has 0 aliphatic carbocycles. The third-order valence-corrected chi connectivity index (χ3v) is 3.04. The number of carboxylic acid groups (broad SMARTS) is 1. The van der Waals surface area contributed by atoms with Gasteiger partial charge in [-0.15, -0.1) is 0 Å². The van der Waals surface area contributed by atoms with Crippen molar-refractivity contribution in [1.82, 2.24) is 9.55 Å². The summed E-state index contributed by atoms with van der Waals surface area (Å²) in [5.74, 6) is 0.278. The lowest BCUT2D eigenvalue weighted by Crippen LogP contribution is -2.01. The normalized spacial score (nSPS) is 11.0. The van der Waals surface area contributed by atoms with Gasteiger partial charge in [-0.25, -0.2) is 4.98 Å². The summed E-state index contributed by atoms with van der Waals surface area (Å²) in [5, 5.41) is 8.80. The van der Waals surface area contributed by atoms with E-state index < -0.39 is 5.97 Å². The fourth-order valence-electron chi connectivity index (χ4n) is 2.28. The highest BCUT2D eigenvalue weighted by Gasteiger charge is 2.10. The van der Waals surface area contributed by atoms with Crippen molar-refractivity contribution in [3.05, 3.63) is 29.6 Å². The average Bonchev–Trinajstić information content (AvgIpc) is 2.65. The van der Waals surface area contributed by atoms with E-state index in [2.05, 4.69) is 23.4 Å². The molecule has 0 atom stereocenters. The number of aliphatic carboxylic acids is 1. The minimum atomic E-state index is -0.807. The summed E-state index contributed by atoms with van der Waals surface area (Å²) in [7, 11) is 0. The molecule has 0 saturated carbocycles. The Morgan fingerprint density at radius 2 is 2.17 bits per heavy atom. The van der Waals surface area contributed by atoms with Crippen LogP contribution in [-0.2, 0) is 24.2 Å². The van der Waals surface area contributed by atoms with Crippen molar-refractivity contribution >= 4 is 17.0 Å². The molecule has 2 aromatic rings. The van der Waals surface area contributed by atoms with E-state index in [1.165, 1.54) is 0 Å². The minimum Gasteiger partial charge on any atom is -0.481 e. The Kier molecular flexibility index (Phi) is 3.65. The van der Waals surface area contributed by atoms with Crippen molar-refractivity contribution in [3.63, 3.8) is 0 Å². The van der Waals surface area contributed by atoms with Crippen LogP contribution in [0, 0.1) is 0 Å². The summed E-state index contributed by atoms with van der Waals surface area (Å²) in [6.45, 7) is 5.13. The molecule has 0 aliphatic rings. The summed E-state index contributed by atoms with van der Waals surface area (Å²) >= 11 is 0. The molecule has 1 aromatic carbocycles. The monoisotopic (exact) mass is 246 g/mol. The molecule has 0 unspecified atom stereocenters. The average molecular weight is 246 g/mol. The van der Waals surface area contributed by atoms with Crippen LogP contribution in [-0.4, -0.2) is 20.6 Å². The molecule has 2 rings (SSSR count). The van der Waals surface area contributed by atoms with Gasteiger partial charge in [0, 0.05) is 13.0 Å². The smallest absolute Gasteiger partial charge is 0.307 e. The van der Waals surface area contributed by atoms with Crippen LogP contribution in [0.2, 0.25) is 0 Å². The van der Waals surface area contributed by atoms with Crippen LogP contribution in [0.3, 0.4) is 0 Å². The third-order valence-electron chi connectivity index (χ3n) is 3.04. The van der Waals surface area contributed by atoms with Gasteiger partial charge >= 0.3 is 5.97 Å². The maximum Gasteiger partial charge on any atom is 0.307 e. The highest BCUT2D eigenvalue weighted by atomic mass is 16.4. The number of rotatable bonds is 5. The molecule has 1 heterocycles. The molecule has 0 fully saturated rings. The van der Waals surface area contributed by atoms with Gasteiger partial charge in [-0.2, -0.15) is 0 Å². The highest BCUT2D eigenvalue weighted by molar-refractivity contribution is 5.79. The van der Waals surface area contributed by atoms with Gasteiger partial charge < -0.3 is 9.67 Å². The van der Waals surface area contributed by atoms with E-state index >= 15 is 0 Å². The van der Waals surface area contributed by atoms with E-state index in [0.29, 0.717) is 0 Å². The Hall–Kier alpha value is -1.84. The van der Waals surface area contributed by atoms with Gasteiger partial charge in [0.25, 0.3) is 0 Å². The van der Waals surface area contributed by atoms with E-state index in [1.807, 2.05) is 18.2 Å². The lowest BCUT2D eigenvalue weighted by molar-refractivity contribution is -0.136. The first-order chi connectivity index (χ1) is 8.65. The zero-order valence-corrected chi connectivity index (χ0v) is 10.8. The molecule has 1 N–H and O–H groups in total. The molecule has 0 aliphatic heterocycles. The Bertz CT molecular complexity index is 572. The fourth-order valence-corrected chi connectivity index (χ4v) is 2.28. The molecular formula is C14H18N2O2.